The Kier molecular flexibility index (Phi) is 46.8. The van der Waals surface area contributed by atoms with E-state index in [1.165, 1.54) is 212 Å². The summed E-state index contributed by atoms with van der Waals surface area (Å²) in [5.74, 6) is -0.271. The molecule has 17 atom stereocenters. The van der Waals surface area contributed by atoms with E-state index in [4.69, 9.17) is 28.4 Å². The van der Waals surface area contributed by atoms with E-state index in [-0.39, 0.29) is 18.9 Å². The Labute approximate surface area is 525 Å². The molecular formula is C68H129NO18. The van der Waals surface area contributed by atoms with E-state index in [0.717, 1.165) is 44.9 Å². The van der Waals surface area contributed by atoms with Crippen LogP contribution < -0.4 is 5.32 Å². The normalized spacial score (nSPS) is 28.6. The van der Waals surface area contributed by atoms with E-state index in [1.807, 2.05) is 6.08 Å². The summed E-state index contributed by atoms with van der Waals surface area (Å²) in [7, 11) is 0. The number of nitrogens with one attached hydrogen (secondary N) is 1. The summed E-state index contributed by atoms with van der Waals surface area (Å²) in [5, 5.41) is 120. The summed E-state index contributed by atoms with van der Waals surface area (Å²) < 4.78 is 34.3. The van der Waals surface area contributed by atoms with Crippen LogP contribution in [0.4, 0.5) is 0 Å². The molecule has 0 saturated carbocycles. The Morgan fingerprint density at radius 1 is 0.402 bits per heavy atom. The average Bonchev–Trinajstić information content (AvgIpc) is 1.88. The molecule has 3 rings (SSSR count). The van der Waals surface area contributed by atoms with Crippen LogP contribution >= 0.6 is 0 Å². The van der Waals surface area contributed by atoms with Crippen molar-refractivity contribution >= 4 is 5.91 Å². The third kappa shape index (κ3) is 33.3. The van der Waals surface area contributed by atoms with Crippen LogP contribution in [0.5, 0.6) is 0 Å². The minimum absolute atomic E-state index is 0.249. The molecule has 3 aliphatic heterocycles. The van der Waals surface area contributed by atoms with Gasteiger partial charge in [-0.2, -0.15) is 0 Å². The number of unbranched alkanes of at least 4 members (excludes halogenated alkanes) is 39. The quantitative estimate of drug-likeness (QED) is 0.0199. The predicted octanol–water partition coefficient (Wildman–Crippen LogP) is 9.28. The lowest BCUT2D eigenvalue weighted by molar-refractivity contribution is -0.379. The molecule has 0 spiro atoms. The number of carbonyl (C=O) groups is 1. The van der Waals surface area contributed by atoms with Crippen LogP contribution in [0, 0.1) is 0 Å². The first kappa shape index (κ1) is 79.8. The van der Waals surface area contributed by atoms with E-state index in [9.17, 15) is 61.0 Å². The van der Waals surface area contributed by atoms with Crippen LogP contribution in [-0.4, -0.2) is 193 Å². The van der Waals surface area contributed by atoms with Gasteiger partial charge in [-0.3, -0.25) is 4.79 Å². The molecule has 3 aliphatic rings. The third-order valence-corrected chi connectivity index (χ3v) is 18.1. The molecule has 3 heterocycles. The maximum Gasteiger partial charge on any atom is 0.220 e. The molecule has 1 amide bonds. The smallest absolute Gasteiger partial charge is 0.220 e. The number of aliphatic hydroxyl groups excluding tert-OH is 11. The van der Waals surface area contributed by atoms with Gasteiger partial charge in [0.05, 0.1) is 38.6 Å². The number of rotatable bonds is 55. The lowest BCUT2D eigenvalue weighted by atomic mass is 9.96. The highest BCUT2D eigenvalue weighted by Gasteiger charge is 2.53. The molecule has 0 aromatic carbocycles. The van der Waals surface area contributed by atoms with Gasteiger partial charge in [-0.15, -0.1) is 0 Å². The summed E-state index contributed by atoms with van der Waals surface area (Å²) in [6, 6.07) is -0.967. The highest BCUT2D eigenvalue weighted by molar-refractivity contribution is 5.76. The minimum Gasteiger partial charge on any atom is -0.394 e. The van der Waals surface area contributed by atoms with Gasteiger partial charge >= 0.3 is 0 Å². The van der Waals surface area contributed by atoms with Crippen molar-refractivity contribution < 1.29 is 89.4 Å². The fourth-order valence-electron chi connectivity index (χ4n) is 12.3. The van der Waals surface area contributed by atoms with E-state index in [1.54, 1.807) is 6.08 Å². The summed E-state index contributed by atoms with van der Waals surface area (Å²) >= 11 is 0. The van der Waals surface area contributed by atoms with E-state index in [0.29, 0.717) is 6.42 Å². The minimum atomic E-state index is -1.97. The van der Waals surface area contributed by atoms with Gasteiger partial charge in [0.15, 0.2) is 18.9 Å². The van der Waals surface area contributed by atoms with Crippen molar-refractivity contribution in [2.24, 2.45) is 0 Å². The fraction of sp³-hybridized carbons (Fsp3) is 0.956. The van der Waals surface area contributed by atoms with Gasteiger partial charge in [0.1, 0.15) is 73.2 Å². The summed E-state index contributed by atoms with van der Waals surface area (Å²) in [5.41, 5.74) is 0. The first-order valence-electron chi connectivity index (χ1n) is 35.4. The Morgan fingerprint density at radius 2 is 0.713 bits per heavy atom. The second kappa shape index (κ2) is 51.0. The van der Waals surface area contributed by atoms with Crippen molar-refractivity contribution in [1.82, 2.24) is 5.32 Å². The summed E-state index contributed by atoms with van der Waals surface area (Å²) in [4.78, 5) is 13.4. The van der Waals surface area contributed by atoms with Gasteiger partial charge in [0, 0.05) is 6.42 Å². The van der Waals surface area contributed by atoms with Crippen LogP contribution in [0.2, 0.25) is 0 Å². The molecule has 0 aromatic rings. The average molecular weight is 1250 g/mol. The fourth-order valence-corrected chi connectivity index (χ4v) is 12.3. The Balaban J connectivity index is 1.34. The lowest BCUT2D eigenvalue weighted by Crippen LogP contribution is -2.66. The maximum atomic E-state index is 13.4. The lowest BCUT2D eigenvalue weighted by Gasteiger charge is -2.48. The van der Waals surface area contributed by atoms with Crippen LogP contribution in [0.1, 0.15) is 284 Å². The zero-order chi connectivity index (χ0) is 63.3. The van der Waals surface area contributed by atoms with Gasteiger partial charge in [0.2, 0.25) is 5.91 Å². The van der Waals surface area contributed by atoms with Crippen LogP contribution in [0.3, 0.4) is 0 Å². The van der Waals surface area contributed by atoms with E-state index >= 15 is 0 Å². The number of ether oxygens (including phenoxy) is 6. The zero-order valence-corrected chi connectivity index (χ0v) is 54.3. The first-order chi connectivity index (χ1) is 42.3. The number of aliphatic hydroxyl groups is 11. The van der Waals surface area contributed by atoms with Gasteiger partial charge in [0.25, 0.3) is 0 Å². The number of hydrogen-bond donors (Lipinski definition) is 12. The molecule has 19 nitrogen and oxygen atoms in total. The second-order valence-electron chi connectivity index (χ2n) is 25.7. The highest BCUT2D eigenvalue weighted by atomic mass is 16.8. The second-order valence-corrected chi connectivity index (χ2v) is 25.7. The zero-order valence-electron chi connectivity index (χ0n) is 54.3. The monoisotopic (exact) mass is 1250 g/mol. The molecule has 0 aromatic heterocycles. The van der Waals surface area contributed by atoms with E-state index < -0.39 is 124 Å². The number of allylic oxidation sites excluding steroid dienone is 1. The maximum absolute atomic E-state index is 13.4. The third-order valence-electron chi connectivity index (χ3n) is 18.1. The molecule has 3 saturated heterocycles. The van der Waals surface area contributed by atoms with Crippen molar-refractivity contribution in [1.29, 1.82) is 0 Å². The van der Waals surface area contributed by atoms with Crippen LogP contribution in [0.15, 0.2) is 12.2 Å². The largest absolute Gasteiger partial charge is 0.394 e. The molecule has 87 heavy (non-hydrogen) atoms. The summed E-state index contributed by atoms with van der Waals surface area (Å²) in [6.45, 7) is 1.74. The molecular weight excluding hydrogens is 1120 g/mol. The van der Waals surface area contributed by atoms with Crippen molar-refractivity contribution in [3.8, 4) is 0 Å². The predicted molar refractivity (Wildman–Crippen MR) is 337 cm³/mol. The van der Waals surface area contributed by atoms with E-state index in [2.05, 4.69) is 19.2 Å². The van der Waals surface area contributed by atoms with Gasteiger partial charge in [-0.25, -0.2) is 0 Å². The number of carbonyl (C=O) groups excluding carboxylic acids is 1. The van der Waals surface area contributed by atoms with Crippen molar-refractivity contribution in [3.05, 3.63) is 12.2 Å². The van der Waals surface area contributed by atoms with Crippen molar-refractivity contribution in [2.45, 2.75) is 388 Å². The topological polar surface area (TPSA) is 307 Å². The molecule has 0 aliphatic carbocycles. The standard InChI is InChI=1S/C68H129NO18/c1-3-5-7-9-11-13-15-16-17-18-19-20-21-22-23-24-25-26-27-28-29-30-31-32-33-34-36-38-40-42-44-46-56(74)69-51(52(73)45-43-41-39-37-35-14-12-10-8-6-4-2)50-82-66-62(80)59(77)64(54(48-71)84-66)87-68-63(81)60(78)65(55(49-72)85-68)86-67-61(79)58(76)57(75)53(47-70)83-67/h43,45,51-55,57-68,70-73,75-81H,3-42,44,46-50H2,1-2H3,(H,69,74)/b45-43+. The summed E-state index contributed by atoms with van der Waals surface area (Å²) in [6.07, 6.45) is 29.4. The van der Waals surface area contributed by atoms with Crippen LogP contribution in [-0.2, 0) is 33.2 Å². The molecule has 19 heteroatoms. The highest BCUT2D eigenvalue weighted by Crippen LogP contribution is 2.33. The Morgan fingerprint density at radius 3 is 1.08 bits per heavy atom. The SMILES string of the molecule is CCCCCCCCCCC/C=C/C(O)C(COC1OC(CO)C(OC2OC(CO)C(OC3OC(CO)C(O)C(O)C3O)C(O)C2O)C(O)C1O)NC(=O)CCCCCCCCCCCCCCCCCCCCCCCCCCCCCCCCC. The molecule has 3 fully saturated rings. The molecule has 17 unspecified atom stereocenters. The first-order valence-corrected chi connectivity index (χ1v) is 35.4. The van der Waals surface area contributed by atoms with Crippen molar-refractivity contribution in [2.75, 3.05) is 26.4 Å². The number of amides is 1. The molecule has 0 radical (unpaired) electrons. The Bertz CT molecular complexity index is 1630. The van der Waals surface area contributed by atoms with Crippen molar-refractivity contribution in [3.63, 3.8) is 0 Å². The van der Waals surface area contributed by atoms with Gasteiger partial charge in [-0.05, 0) is 19.3 Å². The van der Waals surface area contributed by atoms with Gasteiger partial charge < -0.3 is 89.9 Å². The molecule has 514 valence electrons. The van der Waals surface area contributed by atoms with Crippen LogP contribution in [0.25, 0.3) is 0 Å². The molecule has 0 bridgehead atoms. The number of hydrogen-bond acceptors (Lipinski definition) is 18. The molecule has 12 N–H and O–H groups in total. The van der Waals surface area contributed by atoms with Gasteiger partial charge in [-0.1, -0.05) is 270 Å². The Hall–Kier alpha value is -1.47.